The van der Waals surface area contributed by atoms with Crippen LogP contribution in [0.3, 0.4) is 0 Å². The first-order valence-electron chi connectivity index (χ1n) is 34.6. The first-order chi connectivity index (χ1) is 39.4. The number of rotatable bonds is 63. The minimum atomic E-state index is -4.70. The summed E-state index contributed by atoms with van der Waals surface area (Å²) < 4.78 is 30.4. The van der Waals surface area contributed by atoms with Crippen molar-refractivity contribution in [1.82, 2.24) is 5.32 Å². The van der Waals surface area contributed by atoms with Crippen molar-refractivity contribution in [3.63, 3.8) is 0 Å². The van der Waals surface area contributed by atoms with Gasteiger partial charge in [-0.1, -0.05) is 281 Å². The van der Waals surface area contributed by atoms with Gasteiger partial charge < -0.3 is 28.5 Å². The molecule has 0 saturated carbocycles. The summed E-state index contributed by atoms with van der Waals surface area (Å²) >= 11 is 0. The molecule has 0 saturated heterocycles. The van der Waals surface area contributed by atoms with Gasteiger partial charge in [0.1, 0.15) is 19.3 Å². The molecule has 0 radical (unpaired) electrons. The van der Waals surface area contributed by atoms with Gasteiger partial charge in [0.2, 0.25) is 5.91 Å². The molecule has 1 N–H and O–H groups in total. The van der Waals surface area contributed by atoms with E-state index in [1.807, 2.05) is 33.3 Å². The summed E-state index contributed by atoms with van der Waals surface area (Å²) in [5, 5.41) is 3.04. The van der Waals surface area contributed by atoms with Gasteiger partial charge in [-0.15, -0.1) is 0 Å². The second kappa shape index (κ2) is 60.8. The summed E-state index contributed by atoms with van der Waals surface area (Å²) in [6, 6.07) is -0.894. The molecule has 0 bridgehead atoms. The summed E-state index contributed by atoms with van der Waals surface area (Å²) in [6.07, 6.45) is 77.7. The highest BCUT2D eigenvalue weighted by Gasteiger charge is 2.27. The summed E-state index contributed by atoms with van der Waals surface area (Å²) in [7, 11) is 1.18. The standard InChI is InChI=1S/C71H133N2O7P/c1-7-10-13-16-19-22-25-27-29-31-33-34-35-36-37-38-40-41-43-45-48-51-54-57-60-63-70(74)72-68(67-79-81(76,77)78-66-65-73(4,5)6)69(62-59-56-53-50-47-24-21-18-15-12-9-3)80-71(75)64-61-58-55-52-49-46-44-42-39-32-30-28-26-23-20-17-14-11-8-2/h20,23,27-30,39,42,59,62,68-69H,7-19,21-22,24-26,31-38,40-41,43-58,60-61,63-67H2,1-6H3,(H-,72,74,76,77)/b23-20-,29-27+,30-28-,42-39-,62-59-. The van der Waals surface area contributed by atoms with Crippen molar-refractivity contribution in [2.24, 2.45) is 0 Å². The van der Waals surface area contributed by atoms with Gasteiger partial charge in [0, 0.05) is 12.8 Å². The molecule has 0 spiro atoms. The lowest BCUT2D eigenvalue weighted by Gasteiger charge is -2.30. The van der Waals surface area contributed by atoms with Crippen molar-refractivity contribution in [1.29, 1.82) is 0 Å². The van der Waals surface area contributed by atoms with E-state index in [1.54, 1.807) is 0 Å². The molecular weight excluding hydrogens is 1020 g/mol. The molecule has 81 heavy (non-hydrogen) atoms. The maximum Gasteiger partial charge on any atom is 0.306 e. The van der Waals surface area contributed by atoms with Crippen molar-refractivity contribution < 1.29 is 37.3 Å². The van der Waals surface area contributed by atoms with E-state index in [4.69, 9.17) is 13.8 Å². The van der Waals surface area contributed by atoms with Gasteiger partial charge in [0.25, 0.3) is 7.82 Å². The summed E-state index contributed by atoms with van der Waals surface area (Å²) in [5.41, 5.74) is 0. The fourth-order valence-corrected chi connectivity index (χ4v) is 10.8. The third-order valence-corrected chi connectivity index (χ3v) is 16.4. The number of nitrogens with zero attached hydrogens (tertiary/aromatic N) is 1. The lowest BCUT2D eigenvalue weighted by Crippen LogP contribution is -2.47. The first-order valence-corrected chi connectivity index (χ1v) is 36.1. The Morgan fingerprint density at radius 3 is 1.16 bits per heavy atom. The number of allylic oxidation sites excluding steroid dienone is 9. The molecule has 0 aliphatic rings. The highest BCUT2D eigenvalue weighted by Crippen LogP contribution is 2.38. The molecule has 3 unspecified atom stereocenters. The summed E-state index contributed by atoms with van der Waals surface area (Å²) in [5.74, 6) is -0.546. The van der Waals surface area contributed by atoms with Gasteiger partial charge >= 0.3 is 5.97 Å². The van der Waals surface area contributed by atoms with Crippen LogP contribution in [0.25, 0.3) is 0 Å². The molecule has 0 heterocycles. The van der Waals surface area contributed by atoms with Crippen LogP contribution in [0, 0.1) is 0 Å². The topological polar surface area (TPSA) is 114 Å². The predicted octanol–water partition coefficient (Wildman–Crippen LogP) is 21.2. The number of amides is 1. The van der Waals surface area contributed by atoms with Crippen LogP contribution in [0.5, 0.6) is 0 Å². The van der Waals surface area contributed by atoms with Crippen LogP contribution in [0.1, 0.15) is 329 Å². The number of phosphoric acid groups is 1. The average molecular weight is 1160 g/mol. The highest BCUT2D eigenvalue weighted by atomic mass is 31.2. The van der Waals surface area contributed by atoms with Gasteiger partial charge in [-0.25, -0.2) is 0 Å². The Balaban J connectivity index is 5.05. The summed E-state index contributed by atoms with van der Waals surface area (Å²) in [6.45, 7) is 6.83. The third-order valence-electron chi connectivity index (χ3n) is 15.4. The van der Waals surface area contributed by atoms with Crippen LogP contribution in [0.4, 0.5) is 0 Å². The smallest absolute Gasteiger partial charge is 0.306 e. The maximum absolute atomic E-state index is 13.6. The normalized spacial score (nSPS) is 13.9. The van der Waals surface area contributed by atoms with Crippen molar-refractivity contribution in [2.45, 2.75) is 341 Å². The van der Waals surface area contributed by atoms with Crippen molar-refractivity contribution >= 4 is 19.7 Å². The van der Waals surface area contributed by atoms with E-state index >= 15 is 0 Å². The highest BCUT2D eigenvalue weighted by molar-refractivity contribution is 7.45. The molecule has 0 rings (SSSR count). The molecule has 1 amide bonds. The summed E-state index contributed by atoms with van der Waals surface area (Å²) in [4.78, 5) is 40.1. The number of quaternary nitrogens is 1. The van der Waals surface area contributed by atoms with Gasteiger partial charge in [-0.05, 0) is 96.0 Å². The molecule has 474 valence electrons. The molecule has 0 aliphatic heterocycles. The van der Waals surface area contributed by atoms with E-state index in [-0.39, 0.29) is 24.9 Å². The Morgan fingerprint density at radius 1 is 0.432 bits per heavy atom. The Kier molecular flexibility index (Phi) is 59.1. The Bertz CT molecular complexity index is 1570. The van der Waals surface area contributed by atoms with E-state index in [2.05, 4.69) is 74.7 Å². The van der Waals surface area contributed by atoms with Crippen LogP contribution in [-0.4, -0.2) is 69.4 Å². The number of esters is 1. The van der Waals surface area contributed by atoms with Gasteiger partial charge in [0.05, 0.1) is 33.8 Å². The largest absolute Gasteiger partial charge is 0.756 e. The fourth-order valence-electron chi connectivity index (χ4n) is 10.1. The lowest BCUT2D eigenvalue weighted by atomic mass is 10.0. The molecule has 9 nitrogen and oxygen atoms in total. The maximum atomic E-state index is 13.6. The predicted molar refractivity (Wildman–Crippen MR) is 349 cm³/mol. The molecule has 0 aliphatic carbocycles. The molecular formula is C71H133N2O7P. The van der Waals surface area contributed by atoms with Gasteiger partial charge in [-0.2, -0.15) is 0 Å². The number of likely N-dealkylation sites (N-methyl/N-ethyl adjacent to an activating group) is 1. The van der Waals surface area contributed by atoms with Crippen molar-refractivity contribution in [3.8, 4) is 0 Å². The van der Waals surface area contributed by atoms with E-state index < -0.39 is 26.6 Å². The number of nitrogens with one attached hydrogen (secondary N) is 1. The molecule has 10 heteroatoms. The van der Waals surface area contributed by atoms with E-state index in [0.29, 0.717) is 17.4 Å². The van der Waals surface area contributed by atoms with E-state index in [1.165, 1.54) is 212 Å². The Hall–Kier alpha value is -2.29. The van der Waals surface area contributed by atoms with E-state index in [9.17, 15) is 19.0 Å². The number of hydrogen-bond donors (Lipinski definition) is 1. The number of phosphoric ester groups is 1. The van der Waals surface area contributed by atoms with E-state index in [0.717, 1.165) is 83.5 Å². The number of hydrogen-bond acceptors (Lipinski definition) is 7. The number of carbonyl (C=O) groups is 2. The lowest BCUT2D eigenvalue weighted by molar-refractivity contribution is -0.870. The number of carbonyl (C=O) groups excluding carboxylic acids is 2. The van der Waals surface area contributed by atoms with Crippen LogP contribution < -0.4 is 10.2 Å². The van der Waals surface area contributed by atoms with Crippen LogP contribution in [-0.2, 0) is 27.9 Å². The second-order valence-electron chi connectivity index (χ2n) is 24.7. The van der Waals surface area contributed by atoms with Crippen LogP contribution >= 0.6 is 7.82 Å². The monoisotopic (exact) mass is 1160 g/mol. The Morgan fingerprint density at radius 2 is 0.753 bits per heavy atom. The molecule has 0 aromatic rings. The minimum absolute atomic E-state index is 0.0247. The van der Waals surface area contributed by atoms with Crippen LogP contribution in [0.15, 0.2) is 60.8 Å². The second-order valence-corrected chi connectivity index (χ2v) is 26.1. The zero-order valence-corrected chi connectivity index (χ0v) is 55.1. The molecule has 0 fully saturated rings. The quantitative estimate of drug-likeness (QED) is 0.0212. The zero-order valence-electron chi connectivity index (χ0n) is 54.2. The fraction of sp³-hybridized carbons (Fsp3) is 0.831. The van der Waals surface area contributed by atoms with Gasteiger partial charge in [-0.3, -0.25) is 14.2 Å². The van der Waals surface area contributed by atoms with Crippen LogP contribution in [0.2, 0.25) is 0 Å². The number of ether oxygens (including phenoxy) is 1. The van der Waals surface area contributed by atoms with Crippen molar-refractivity contribution in [2.75, 3.05) is 40.9 Å². The SMILES string of the molecule is CCCCC/C=C\C/C=C\C/C=C\CCCCCCCCC(=O)OC(/C=C\CCCCCCCCCCC)C(COP(=O)([O-])OCC[N+](C)(C)C)NC(=O)CCCCCCCCCCCCCCCCC/C=C/CCCCCCCC. The Labute approximate surface area is 502 Å². The number of unbranched alkanes of at least 4 members (excludes halogenated alkanes) is 39. The molecule has 0 aromatic heterocycles. The zero-order chi connectivity index (χ0) is 59.3. The molecule has 3 atom stereocenters. The van der Waals surface area contributed by atoms with Gasteiger partial charge in [0.15, 0.2) is 0 Å². The average Bonchev–Trinajstić information content (AvgIpc) is 3.44. The third kappa shape index (κ3) is 62.1. The first kappa shape index (κ1) is 78.7. The molecule has 0 aromatic carbocycles. The minimum Gasteiger partial charge on any atom is -0.756 e. The van der Waals surface area contributed by atoms with Crippen molar-refractivity contribution in [3.05, 3.63) is 60.8 Å².